The van der Waals surface area contributed by atoms with Crippen LogP contribution in [0.2, 0.25) is 0 Å². The third-order valence-corrected chi connectivity index (χ3v) is 10.1. The number of halogens is 3. The number of aliphatic hydroxyl groups is 1. The molecule has 0 spiro atoms. The van der Waals surface area contributed by atoms with Crippen LogP contribution in [0.1, 0.15) is 97.3 Å². The maximum atomic E-state index is 12.5. The molecule has 0 bridgehead atoms. The van der Waals surface area contributed by atoms with Gasteiger partial charge in [-0.3, -0.25) is 0 Å². The smallest absolute Gasteiger partial charge is 0.389 e. The predicted molar refractivity (Wildman–Crippen MR) is 106 cm³/mol. The first-order valence-electron chi connectivity index (χ1n) is 11.9. The summed E-state index contributed by atoms with van der Waals surface area (Å²) in [6.45, 7) is 5.00. The lowest BCUT2D eigenvalue weighted by Gasteiger charge is -2.61. The maximum absolute atomic E-state index is 12.5. The predicted octanol–water partition coefficient (Wildman–Crippen LogP) is 7.13. The van der Waals surface area contributed by atoms with Crippen LogP contribution in [-0.4, -0.2) is 17.4 Å². The third-order valence-electron chi connectivity index (χ3n) is 10.1. The Balaban J connectivity index is 1.41. The summed E-state index contributed by atoms with van der Waals surface area (Å²) in [7, 11) is 0. The van der Waals surface area contributed by atoms with Gasteiger partial charge in [0.15, 0.2) is 0 Å². The van der Waals surface area contributed by atoms with Crippen molar-refractivity contribution in [3.63, 3.8) is 0 Å². The van der Waals surface area contributed by atoms with Gasteiger partial charge in [0.25, 0.3) is 0 Å². The molecular weight excluding hydrogens is 361 g/mol. The van der Waals surface area contributed by atoms with Crippen molar-refractivity contribution in [1.29, 1.82) is 0 Å². The van der Waals surface area contributed by atoms with Gasteiger partial charge in [-0.25, -0.2) is 0 Å². The zero-order chi connectivity index (χ0) is 20.2. The van der Waals surface area contributed by atoms with Gasteiger partial charge >= 0.3 is 6.18 Å². The van der Waals surface area contributed by atoms with E-state index in [-0.39, 0.29) is 6.10 Å². The summed E-state index contributed by atoms with van der Waals surface area (Å²) in [4.78, 5) is 0. The second-order valence-corrected chi connectivity index (χ2v) is 11.3. The van der Waals surface area contributed by atoms with Gasteiger partial charge in [0, 0.05) is 6.42 Å². The van der Waals surface area contributed by atoms with Crippen molar-refractivity contribution in [2.75, 3.05) is 0 Å². The molecule has 4 aliphatic carbocycles. The summed E-state index contributed by atoms with van der Waals surface area (Å²) in [6, 6.07) is 0. The SMILES string of the molecule is CC12CCC3C(CCC4CC(O)CCC43C)C1CCC2CCCCC(F)(F)F. The summed E-state index contributed by atoms with van der Waals surface area (Å²) in [5, 5.41) is 10.2. The van der Waals surface area contributed by atoms with Crippen molar-refractivity contribution in [3.8, 4) is 0 Å². The van der Waals surface area contributed by atoms with E-state index < -0.39 is 12.6 Å². The Hall–Kier alpha value is -0.250. The number of rotatable bonds is 4. The van der Waals surface area contributed by atoms with Crippen molar-refractivity contribution in [3.05, 3.63) is 0 Å². The lowest BCUT2D eigenvalue weighted by atomic mass is 9.44. The molecular formula is C24H39F3O. The summed E-state index contributed by atoms with van der Waals surface area (Å²) in [6.07, 6.45) is 8.19. The van der Waals surface area contributed by atoms with E-state index >= 15 is 0 Å². The van der Waals surface area contributed by atoms with Gasteiger partial charge in [-0.15, -0.1) is 0 Å². The van der Waals surface area contributed by atoms with Crippen LogP contribution in [0.3, 0.4) is 0 Å². The molecule has 4 saturated carbocycles. The highest BCUT2D eigenvalue weighted by molar-refractivity contribution is 5.09. The van der Waals surface area contributed by atoms with E-state index in [9.17, 15) is 18.3 Å². The molecule has 8 unspecified atom stereocenters. The average Bonchev–Trinajstić information content (AvgIpc) is 2.95. The zero-order valence-corrected chi connectivity index (χ0v) is 17.7. The highest BCUT2D eigenvalue weighted by atomic mass is 19.4. The number of alkyl halides is 3. The van der Waals surface area contributed by atoms with Crippen molar-refractivity contribution < 1.29 is 18.3 Å². The van der Waals surface area contributed by atoms with Crippen LogP contribution in [0.25, 0.3) is 0 Å². The molecule has 1 nitrogen and oxygen atoms in total. The van der Waals surface area contributed by atoms with Crippen LogP contribution < -0.4 is 0 Å². The first-order valence-corrected chi connectivity index (χ1v) is 11.9. The summed E-state index contributed by atoms with van der Waals surface area (Å²) >= 11 is 0. The summed E-state index contributed by atoms with van der Waals surface area (Å²) in [5.74, 6) is 3.73. The highest BCUT2D eigenvalue weighted by Crippen LogP contribution is 2.67. The topological polar surface area (TPSA) is 20.2 Å². The Morgan fingerprint density at radius 1 is 0.857 bits per heavy atom. The molecule has 0 aromatic rings. The number of fused-ring (bicyclic) bond motifs is 5. The Morgan fingerprint density at radius 3 is 2.32 bits per heavy atom. The molecule has 162 valence electrons. The van der Waals surface area contributed by atoms with Crippen LogP contribution in [0.15, 0.2) is 0 Å². The molecule has 0 aliphatic heterocycles. The van der Waals surface area contributed by atoms with Gasteiger partial charge < -0.3 is 5.11 Å². The molecule has 0 aromatic carbocycles. The van der Waals surface area contributed by atoms with E-state index in [0.29, 0.717) is 29.1 Å². The number of hydrogen-bond donors (Lipinski definition) is 1. The van der Waals surface area contributed by atoms with Gasteiger partial charge in [-0.2, -0.15) is 13.2 Å². The van der Waals surface area contributed by atoms with E-state index in [1.807, 2.05) is 0 Å². The highest BCUT2D eigenvalue weighted by Gasteiger charge is 2.59. The molecule has 0 radical (unpaired) electrons. The normalized spacial score (nSPS) is 48.6. The van der Waals surface area contributed by atoms with E-state index in [4.69, 9.17) is 0 Å². The largest absolute Gasteiger partial charge is 0.393 e. The molecule has 1 N–H and O–H groups in total. The lowest BCUT2D eigenvalue weighted by Crippen LogP contribution is -2.53. The Bertz CT molecular complexity index is 561. The minimum absolute atomic E-state index is 0.0870. The van der Waals surface area contributed by atoms with Gasteiger partial charge in [0.05, 0.1) is 6.10 Å². The lowest BCUT2D eigenvalue weighted by molar-refractivity contribution is -0.136. The summed E-state index contributed by atoms with van der Waals surface area (Å²) < 4.78 is 37.4. The maximum Gasteiger partial charge on any atom is 0.389 e. The molecule has 0 aromatic heterocycles. The van der Waals surface area contributed by atoms with Gasteiger partial charge in [0.2, 0.25) is 0 Å². The fourth-order valence-corrected chi connectivity index (χ4v) is 8.53. The Labute approximate surface area is 168 Å². The van der Waals surface area contributed by atoms with Crippen LogP contribution in [0.4, 0.5) is 13.2 Å². The molecule has 8 atom stereocenters. The Morgan fingerprint density at radius 2 is 1.57 bits per heavy atom. The fourth-order valence-electron chi connectivity index (χ4n) is 8.53. The molecule has 28 heavy (non-hydrogen) atoms. The molecule has 4 heteroatoms. The zero-order valence-electron chi connectivity index (χ0n) is 17.7. The van der Waals surface area contributed by atoms with E-state index in [1.165, 1.54) is 44.9 Å². The molecule has 4 aliphatic rings. The van der Waals surface area contributed by atoms with Crippen molar-refractivity contribution in [1.82, 2.24) is 0 Å². The summed E-state index contributed by atoms with van der Waals surface area (Å²) in [5.41, 5.74) is 0.769. The second-order valence-electron chi connectivity index (χ2n) is 11.3. The van der Waals surface area contributed by atoms with E-state index in [2.05, 4.69) is 13.8 Å². The minimum Gasteiger partial charge on any atom is -0.393 e. The number of unbranched alkanes of at least 4 members (excludes halogenated alkanes) is 1. The van der Waals surface area contributed by atoms with Crippen molar-refractivity contribution in [2.24, 2.45) is 40.4 Å². The Kier molecular flexibility index (Phi) is 5.60. The van der Waals surface area contributed by atoms with Gasteiger partial charge in [0.1, 0.15) is 0 Å². The average molecular weight is 401 g/mol. The number of hydrogen-bond acceptors (Lipinski definition) is 1. The molecule has 0 amide bonds. The third kappa shape index (κ3) is 3.65. The monoisotopic (exact) mass is 400 g/mol. The van der Waals surface area contributed by atoms with Crippen LogP contribution in [-0.2, 0) is 0 Å². The van der Waals surface area contributed by atoms with Gasteiger partial charge in [-0.05, 0) is 111 Å². The first-order chi connectivity index (χ1) is 13.1. The van der Waals surface area contributed by atoms with Crippen molar-refractivity contribution >= 4 is 0 Å². The fraction of sp³-hybridized carbons (Fsp3) is 1.00. The van der Waals surface area contributed by atoms with Gasteiger partial charge in [-0.1, -0.05) is 20.3 Å². The quantitative estimate of drug-likeness (QED) is 0.498. The van der Waals surface area contributed by atoms with Crippen molar-refractivity contribution in [2.45, 2.75) is 110 Å². The number of aliphatic hydroxyl groups excluding tert-OH is 1. The second kappa shape index (κ2) is 7.46. The minimum atomic E-state index is -4.00. The molecule has 4 rings (SSSR count). The molecule has 4 fully saturated rings. The van der Waals surface area contributed by atoms with E-state index in [0.717, 1.165) is 43.4 Å². The standard InChI is InChI=1S/C24H39F3O/c1-22-14-11-21-19(8-6-17-15-18(28)10-13-23(17,21)2)20(22)9-7-16(22)5-3-4-12-24(25,26)27/h16-21,28H,3-15H2,1-2H3. The van der Waals surface area contributed by atoms with Crippen LogP contribution >= 0.6 is 0 Å². The molecule has 0 heterocycles. The van der Waals surface area contributed by atoms with E-state index in [1.54, 1.807) is 0 Å². The van der Waals surface area contributed by atoms with Crippen LogP contribution in [0, 0.1) is 40.4 Å². The molecule has 0 saturated heterocycles. The van der Waals surface area contributed by atoms with Crippen LogP contribution in [0.5, 0.6) is 0 Å². The first kappa shape index (κ1) is 21.0.